The monoisotopic (exact) mass is 328 g/mol. The van der Waals surface area contributed by atoms with Crippen LogP contribution in [0.1, 0.15) is 34.3 Å². The molecule has 0 fully saturated rings. The highest BCUT2D eigenvalue weighted by Gasteiger charge is 2.10. The minimum atomic E-state index is -0.491. The van der Waals surface area contributed by atoms with Gasteiger partial charge in [-0.05, 0) is 48.9 Å². The largest absolute Gasteiger partial charge is 0.369 e. The average Bonchev–Trinajstić information content (AvgIpc) is 2.95. The third-order valence-electron chi connectivity index (χ3n) is 4.00. The summed E-state index contributed by atoms with van der Waals surface area (Å²) in [5, 5.41) is 0.533. The molecule has 0 aliphatic heterocycles. The summed E-state index contributed by atoms with van der Waals surface area (Å²) in [4.78, 5) is 32.1. The molecule has 3 aromatic rings. The Bertz CT molecular complexity index is 945. The van der Waals surface area contributed by atoms with Crippen LogP contribution in [0.25, 0.3) is 11.0 Å². The number of nitrogens with two attached hydrogens (primary N) is 1. The van der Waals surface area contributed by atoms with Gasteiger partial charge in [0.25, 0.3) is 5.56 Å². The van der Waals surface area contributed by atoms with E-state index in [1.807, 2.05) is 0 Å². The second kappa shape index (κ2) is 6.66. The van der Waals surface area contributed by atoms with Crippen molar-refractivity contribution in [1.29, 1.82) is 0 Å². The van der Waals surface area contributed by atoms with Gasteiger partial charge in [-0.15, -0.1) is 0 Å². The van der Waals surface area contributed by atoms with Crippen molar-refractivity contribution < 1.29 is 9.18 Å². The SMILES string of the molecule is Nc1nc2[nH]cc(CCCCc3ccc(C=O)c(F)c3)c2c(=O)[nH]1. The Labute approximate surface area is 136 Å². The first kappa shape index (κ1) is 15.9. The van der Waals surface area contributed by atoms with Gasteiger partial charge in [-0.25, -0.2) is 4.39 Å². The molecule has 2 heterocycles. The van der Waals surface area contributed by atoms with Crippen molar-refractivity contribution in [3.8, 4) is 0 Å². The number of nitrogen functional groups attached to an aromatic ring is 1. The maximum absolute atomic E-state index is 13.5. The summed E-state index contributed by atoms with van der Waals surface area (Å²) in [6.07, 6.45) is 5.38. The second-order valence-electron chi connectivity index (χ2n) is 5.67. The van der Waals surface area contributed by atoms with E-state index in [9.17, 15) is 14.0 Å². The van der Waals surface area contributed by atoms with Crippen LogP contribution in [0.2, 0.25) is 0 Å². The van der Waals surface area contributed by atoms with Crippen molar-refractivity contribution in [2.75, 3.05) is 5.73 Å². The van der Waals surface area contributed by atoms with Gasteiger partial charge in [0.2, 0.25) is 5.95 Å². The van der Waals surface area contributed by atoms with E-state index >= 15 is 0 Å². The molecule has 0 bridgehead atoms. The van der Waals surface area contributed by atoms with Gasteiger partial charge in [0.15, 0.2) is 6.29 Å². The number of carbonyl (C=O) groups is 1. The van der Waals surface area contributed by atoms with Gasteiger partial charge >= 0.3 is 0 Å². The number of hydrogen-bond acceptors (Lipinski definition) is 4. The molecule has 6 nitrogen and oxygen atoms in total. The summed E-state index contributed by atoms with van der Waals surface area (Å²) >= 11 is 0. The zero-order valence-electron chi connectivity index (χ0n) is 12.9. The maximum atomic E-state index is 13.5. The van der Waals surface area contributed by atoms with Gasteiger partial charge < -0.3 is 10.7 Å². The molecule has 124 valence electrons. The van der Waals surface area contributed by atoms with E-state index in [2.05, 4.69) is 15.0 Å². The van der Waals surface area contributed by atoms with Crippen molar-refractivity contribution >= 4 is 23.3 Å². The Morgan fingerprint density at radius 3 is 2.79 bits per heavy atom. The van der Waals surface area contributed by atoms with Gasteiger partial charge in [0.05, 0.1) is 10.9 Å². The molecular weight excluding hydrogens is 311 g/mol. The first-order valence-corrected chi connectivity index (χ1v) is 7.68. The number of nitrogens with one attached hydrogen (secondary N) is 2. The number of hydrogen-bond donors (Lipinski definition) is 3. The summed E-state index contributed by atoms with van der Waals surface area (Å²) in [6.45, 7) is 0. The van der Waals surface area contributed by atoms with E-state index < -0.39 is 5.82 Å². The molecular formula is C17H17FN4O2. The lowest BCUT2D eigenvalue weighted by Crippen LogP contribution is -2.11. The Morgan fingerprint density at radius 1 is 1.25 bits per heavy atom. The number of halogens is 1. The van der Waals surface area contributed by atoms with Crippen molar-refractivity contribution in [2.45, 2.75) is 25.7 Å². The van der Waals surface area contributed by atoms with Crippen LogP contribution in [0.15, 0.2) is 29.2 Å². The number of carbonyl (C=O) groups excluding carboxylic acids is 1. The zero-order valence-corrected chi connectivity index (χ0v) is 12.9. The normalized spacial score (nSPS) is 11.0. The van der Waals surface area contributed by atoms with Crippen molar-refractivity contribution in [3.63, 3.8) is 0 Å². The van der Waals surface area contributed by atoms with Crippen LogP contribution in [-0.4, -0.2) is 21.2 Å². The Kier molecular flexibility index (Phi) is 4.41. The lowest BCUT2D eigenvalue weighted by molar-refractivity contribution is 0.112. The first-order valence-electron chi connectivity index (χ1n) is 7.68. The van der Waals surface area contributed by atoms with Crippen LogP contribution in [0.5, 0.6) is 0 Å². The zero-order chi connectivity index (χ0) is 17.1. The molecule has 7 heteroatoms. The van der Waals surface area contributed by atoms with Gasteiger partial charge in [-0.3, -0.25) is 14.6 Å². The van der Waals surface area contributed by atoms with Crippen LogP contribution in [-0.2, 0) is 12.8 Å². The van der Waals surface area contributed by atoms with Crippen LogP contribution in [0.3, 0.4) is 0 Å². The van der Waals surface area contributed by atoms with E-state index in [0.717, 1.165) is 24.0 Å². The summed E-state index contributed by atoms with van der Waals surface area (Å²) in [5.74, 6) is -0.406. The van der Waals surface area contributed by atoms with Crippen molar-refractivity contribution in [3.05, 3.63) is 57.3 Å². The highest BCUT2D eigenvalue weighted by Crippen LogP contribution is 2.17. The second-order valence-corrected chi connectivity index (χ2v) is 5.67. The predicted octanol–water partition coefficient (Wildman–Crippen LogP) is 2.35. The smallest absolute Gasteiger partial charge is 0.262 e. The van der Waals surface area contributed by atoms with E-state index in [-0.39, 0.29) is 17.1 Å². The maximum Gasteiger partial charge on any atom is 0.262 e. The molecule has 0 radical (unpaired) electrons. The summed E-state index contributed by atoms with van der Waals surface area (Å²) in [7, 11) is 0. The number of rotatable bonds is 6. The van der Waals surface area contributed by atoms with Crippen LogP contribution < -0.4 is 11.3 Å². The fourth-order valence-corrected chi connectivity index (χ4v) is 2.78. The molecule has 0 saturated heterocycles. The molecule has 0 spiro atoms. The lowest BCUT2D eigenvalue weighted by Gasteiger charge is -2.03. The number of H-pyrrole nitrogens is 2. The quantitative estimate of drug-likeness (QED) is 0.477. The minimum Gasteiger partial charge on any atom is -0.369 e. The summed E-state index contributed by atoms with van der Waals surface area (Å²) in [6, 6.07) is 4.65. The number of benzene rings is 1. The molecule has 0 amide bonds. The van der Waals surface area contributed by atoms with Crippen LogP contribution in [0, 0.1) is 5.82 Å². The molecule has 0 atom stereocenters. The Balaban J connectivity index is 1.62. The van der Waals surface area contributed by atoms with Gasteiger partial charge in [0, 0.05) is 6.20 Å². The van der Waals surface area contributed by atoms with E-state index in [0.29, 0.717) is 30.2 Å². The Hall–Kier alpha value is -2.96. The molecule has 0 aliphatic carbocycles. The van der Waals surface area contributed by atoms with E-state index in [4.69, 9.17) is 5.73 Å². The number of fused-ring (bicyclic) bond motifs is 1. The molecule has 0 unspecified atom stereocenters. The number of aromatic amines is 2. The lowest BCUT2D eigenvalue weighted by atomic mass is 10.0. The topological polar surface area (TPSA) is 105 Å². The molecule has 0 saturated carbocycles. The van der Waals surface area contributed by atoms with Gasteiger partial charge in [-0.1, -0.05) is 6.07 Å². The van der Waals surface area contributed by atoms with Crippen molar-refractivity contribution in [1.82, 2.24) is 15.0 Å². The number of anilines is 1. The molecule has 0 aliphatic rings. The standard InChI is InChI=1S/C17H17FN4O2/c18-13-7-10(5-6-12(13)9-23)3-1-2-4-11-8-20-15-14(11)16(24)22-17(19)21-15/h5-9H,1-4H2,(H4,19,20,21,22,24). The number of aromatic nitrogens is 3. The predicted molar refractivity (Wildman–Crippen MR) is 89.6 cm³/mol. The average molecular weight is 328 g/mol. The third-order valence-corrected chi connectivity index (χ3v) is 4.00. The fourth-order valence-electron chi connectivity index (χ4n) is 2.78. The van der Waals surface area contributed by atoms with Crippen molar-refractivity contribution in [2.24, 2.45) is 0 Å². The summed E-state index contributed by atoms with van der Waals surface area (Å²) in [5.41, 5.74) is 7.56. The van der Waals surface area contributed by atoms with Crippen LogP contribution in [0.4, 0.5) is 10.3 Å². The Morgan fingerprint density at radius 2 is 2.04 bits per heavy atom. The van der Waals surface area contributed by atoms with Crippen LogP contribution >= 0.6 is 0 Å². The highest BCUT2D eigenvalue weighted by atomic mass is 19.1. The number of aldehydes is 1. The molecule has 24 heavy (non-hydrogen) atoms. The van der Waals surface area contributed by atoms with Gasteiger partial charge in [-0.2, -0.15) is 4.98 Å². The number of unbranched alkanes of at least 4 members (excludes halogenated alkanes) is 1. The van der Waals surface area contributed by atoms with E-state index in [1.54, 1.807) is 12.3 Å². The highest BCUT2D eigenvalue weighted by molar-refractivity contribution is 5.79. The number of nitrogens with zero attached hydrogens (tertiary/aromatic N) is 1. The fraction of sp³-hybridized carbons (Fsp3) is 0.235. The molecule has 3 rings (SSSR count). The third kappa shape index (κ3) is 3.19. The minimum absolute atomic E-state index is 0.0727. The van der Waals surface area contributed by atoms with Gasteiger partial charge in [0.1, 0.15) is 11.5 Å². The summed E-state index contributed by atoms with van der Waals surface area (Å²) < 4.78 is 13.5. The van der Waals surface area contributed by atoms with E-state index in [1.165, 1.54) is 12.1 Å². The number of aryl methyl sites for hydroxylation is 2. The first-order chi connectivity index (χ1) is 11.6. The molecule has 2 aromatic heterocycles. The molecule has 4 N–H and O–H groups in total. The molecule has 1 aromatic carbocycles.